The fourth-order valence-electron chi connectivity index (χ4n) is 4.04. The van der Waals surface area contributed by atoms with Crippen LogP contribution >= 0.6 is 11.3 Å². The minimum Gasteiger partial charge on any atom is -0.383 e. The van der Waals surface area contributed by atoms with Crippen LogP contribution < -0.4 is 21.9 Å². The Labute approximate surface area is 196 Å². The van der Waals surface area contributed by atoms with E-state index < -0.39 is 17.2 Å². The van der Waals surface area contributed by atoms with Crippen molar-refractivity contribution in [3.63, 3.8) is 0 Å². The van der Waals surface area contributed by atoms with Gasteiger partial charge >= 0.3 is 5.69 Å². The number of likely N-dealkylation sites (tertiary alicyclic amines) is 1. The molecule has 1 atom stereocenters. The number of H-pyrrole nitrogens is 1. The summed E-state index contributed by atoms with van der Waals surface area (Å²) in [7, 11) is 1.50. The Hall–Kier alpha value is -2.92. The number of amides is 2. The summed E-state index contributed by atoms with van der Waals surface area (Å²) < 4.78 is 6.44. The van der Waals surface area contributed by atoms with E-state index in [0.717, 1.165) is 0 Å². The van der Waals surface area contributed by atoms with E-state index in [2.05, 4.69) is 4.98 Å². The molecule has 3 N–H and O–H groups in total. The average molecular weight is 478 g/mol. The van der Waals surface area contributed by atoms with Crippen LogP contribution in [0.2, 0.25) is 0 Å². The lowest BCUT2D eigenvalue weighted by atomic mass is 9.96. The summed E-state index contributed by atoms with van der Waals surface area (Å²) in [6.07, 6.45) is 1.25. The molecule has 0 aliphatic carbocycles. The van der Waals surface area contributed by atoms with Crippen LogP contribution in [0.3, 0.4) is 0 Å². The van der Waals surface area contributed by atoms with Crippen molar-refractivity contribution < 1.29 is 14.3 Å². The molecule has 1 aliphatic heterocycles. The van der Waals surface area contributed by atoms with Crippen molar-refractivity contribution in [2.24, 2.45) is 11.8 Å². The SMILES string of the molecule is COCCN(C(=O)C1CCCN(C(=O)c2cccs2)C1)c1c(N)n(CC(C)C)c(=O)[nH]c1=O. The molecule has 0 aromatic carbocycles. The van der Waals surface area contributed by atoms with Crippen molar-refractivity contribution in [2.45, 2.75) is 33.2 Å². The van der Waals surface area contributed by atoms with Gasteiger partial charge in [0.15, 0.2) is 5.69 Å². The van der Waals surface area contributed by atoms with Crippen LogP contribution in [0.4, 0.5) is 11.5 Å². The first-order valence-corrected chi connectivity index (χ1v) is 11.9. The van der Waals surface area contributed by atoms with E-state index in [9.17, 15) is 19.2 Å². The maximum Gasteiger partial charge on any atom is 0.330 e. The quantitative estimate of drug-likeness (QED) is 0.590. The number of anilines is 2. The second-order valence-corrected chi connectivity index (χ2v) is 9.50. The third-order valence-electron chi connectivity index (χ3n) is 5.61. The van der Waals surface area contributed by atoms with Crippen LogP contribution in [-0.4, -0.2) is 59.6 Å². The number of thiophene rings is 1. The van der Waals surface area contributed by atoms with Gasteiger partial charge in [0.2, 0.25) is 5.91 Å². The van der Waals surface area contributed by atoms with E-state index in [4.69, 9.17) is 10.5 Å². The number of methoxy groups -OCH3 is 1. The van der Waals surface area contributed by atoms with Gasteiger partial charge in [0.25, 0.3) is 11.5 Å². The number of carbonyl (C=O) groups excluding carboxylic acids is 2. The monoisotopic (exact) mass is 477 g/mol. The molecule has 0 saturated carbocycles. The van der Waals surface area contributed by atoms with E-state index >= 15 is 0 Å². The number of nitrogens with one attached hydrogen (secondary N) is 1. The maximum atomic E-state index is 13.6. The van der Waals surface area contributed by atoms with Gasteiger partial charge in [0, 0.05) is 33.3 Å². The van der Waals surface area contributed by atoms with Gasteiger partial charge < -0.3 is 20.3 Å². The number of carbonyl (C=O) groups is 2. The third-order valence-corrected chi connectivity index (χ3v) is 6.46. The molecular formula is C22H31N5O5S. The highest BCUT2D eigenvalue weighted by Gasteiger charge is 2.34. The van der Waals surface area contributed by atoms with Gasteiger partial charge in [-0.2, -0.15) is 0 Å². The molecule has 3 rings (SSSR count). The normalized spacial score (nSPS) is 16.2. The van der Waals surface area contributed by atoms with Crippen LogP contribution in [0.1, 0.15) is 36.4 Å². The van der Waals surface area contributed by atoms with Crippen LogP contribution in [0.5, 0.6) is 0 Å². The average Bonchev–Trinajstić information content (AvgIpc) is 3.32. The Morgan fingerprint density at radius 3 is 2.76 bits per heavy atom. The second-order valence-electron chi connectivity index (χ2n) is 8.55. The van der Waals surface area contributed by atoms with Gasteiger partial charge in [-0.3, -0.25) is 23.9 Å². The summed E-state index contributed by atoms with van der Waals surface area (Å²) in [5.41, 5.74) is 4.87. The number of rotatable bonds is 8. The molecular weight excluding hydrogens is 446 g/mol. The molecule has 11 heteroatoms. The molecule has 1 saturated heterocycles. The fourth-order valence-corrected chi connectivity index (χ4v) is 4.73. The molecule has 3 heterocycles. The lowest BCUT2D eigenvalue weighted by molar-refractivity contribution is -0.123. The summed E-state index contributed by atoms with van der Waals surface area (Å²) >= 11 is 1.36. The molecule has 1 unspecified atom stereocenters. The van der Waals surface area contributed by atoms with Crippen LogP contribution in [-0.2, 0) is 16.1 Å². The summed E-state index contributed by atoms with van der Waals surface area (Å²) in [5.74, 6) is -0.869. The Bertz CT molecular complexity index is 1090. The number of hydrogen-bond acceptors (Lipinski definition) is 7. The van der Waals surface area contributed by atoms with Gasteiger partial charge in [0.1, 0.15) is 5.82 Å². The number of aromatic nitrogens is 2. The topological polar surface area (TPSA) is 131 Å². The first-order valence-electron chi connectivity index (χ1n) is 11.0. The molecule has 2 aromatic heterocycles. The molecule has 0 bridgehead atoms. The van der Waals surface area contributed by atoms with E-state index in [-0.39, 0.29) is 48.9 Å². The van der Waals surface area contributed by atoms with Crippen molar-refractivity contribution in [3.05, 3.63) is 43.2 Å². The first-order chi connectivity index (χ1) is 15.7. The molecule has 180 valence electrons. The van der Waals surface area contributed by atoms with Gasteiger partial charge in [0.05, 0.1) is 17.4 Å². The summed E-state index contributed by atoms with van der Waals surface area (Å²) in [6.45, 7) is 5.24. The number of aromatic amines is 1. The Balaban J connectivity index is 1.93. The van der Waals surface area contributed by atoms with Gasteiger partial charge in [-0.1, -0.05) is 19.9 Å². The number of ether oxygens (including phenoxy) is 1. The Kier molecular flexibility index (Phi) is 8.09. The highest BCUT2D eigenvalue weighted by Crippen LogP contribution is 2.25. The zero-order valence-corrected chi connectivity index (χ0v) is 20.0. The highest BCUT2D eigenvalue weighted by molar-refractivity contribution is 7.12. The number of nitrogens with zero attached hydrogens (tertiary/aromatic N) is 3. The Morgan fingerprint density at radius 2 is 2.12 bits per heavy atom. The summed E-state index contributed by atoms with van der Waals surface area (Å²) in [5, 5.41) is 1.84. The van der Waals surface area contributed by atoms with E-state index in [0.29, 0.717) is 30.8 Å². The fraction of sp³-hybridized carbons (Fsp3) is 0.545. The first kappa shape index (κ1) is 24.7. The van der Waals surface area contributed by atoms with Gasteiger partial charge in [-0.15, -0.1) is 11.3 Å². The van der Waals surface area contributed by atoms with Crippen molar-refractivity contribution in [1.29, 1.82) is 0 Å². The van der Waals surface area contributed by atoms with Gasteiger partial charge in [-0.25, -0.2) is 4.79 Å². The number of nitrogen functional groups attached to an aromatic ring is 1. The number of piperidine rings is 1. The molecule has 1 aliphatic rings. The maximum absolute atomic E-state index is 13.6. The third kappa shape index (κ3) is 5.53. The molecule has 1 fully saturated rings. The molecule has 10 nitrogen and oxygen atoms in total. The molecule has 33 heavy (non-hydrogen) atoms. The standard InChI is InChI=1S/C22H31N5O5S/c1-14(2)12-27-18(23)17(19(28)24-22(27)31)26(9-10-32-3)20(29)15-6-4-8-25(13-15)21(30)16-7-5-11-33-16/h5,7,11,14-15H,4,6,8-10,12-13,23H2,1-3H3,(H,24,28,31). The summed E-state index contributed by atoms with van der Waals surface area (Å²) in [4.78, 5) is 57.4. The smallest absolute Gasteiger partial charge is 0.330 e. The predicted molar refractivity (Wildman–Crippen MR) is 128 cm³/mol. The minimum absolute atomic E-state index is 0.0516. The molecule has 2 aromatic rings. The van der Waals surface area contributed by atoms with Gasteiger partial charge in [-0.05, 0) is 30.2 Å². The second kappa shape index (κ2) is 10.8. The van der Waals surface area contributed by atoms with E-state index in [1.54, 1.807) is 11.0 Å². The number of hydrogen-bond donors (Lipinski definition) is 2. The highest BCUT2D eigenvalue weighted by atomic mass is 32.1. The van der Waals surface area contributed by atoms with E-state index in [1.807, 2.05) is 25.3 Å². The summed E-state index contributed by atoms with van der Waals surface area (Å²) in [6, 6.07) is 3.58. The van der Waals surface area contributed by atoms with Crippen molar-refractivity contribution in [1.82, 2.24) is 14.5 Å². The predicted octanol–water partition coefficient (Wildman–Crippen LogP) is 1.37. The zero-order chi connectivity index (χ0) is 24.1. The Morgan fingerprint density at radius 1 is 1.36 bits per heavy atom. The van der Waals surface area contributed by atoms with Crippen molar-refractivity contribution in [3.8, 4) is 0 Å². The zero-order valence-electron chi connectivity index (χ0n) is 19.2. The molecule has 0 radical (unpaired) electrons. The lowest BCUT2D eigenvalue weighted by Crippen LogP contribution is -2.49. The van der Waals surface area contributed by atoms with Crippen LogP contribution in [0.25, 0.3) is 0 Å². The van der Waals surface area contributed by atoms with Crippen molar-refractivity contribution >= 4 is 34.7 Å². The minimum atomic E-state index is -0.718. The van der Waals surface area contributed by atoms with Crippen molar-refractivity contribution in [2.75, 3.05) is 44.0 Å². The molecule has 2 amide bonds. The largest absolute Gasteiger partial charge is 0.383 e. The number of nitrogens with two attached hydrogens (primary N) is 1. The molecule has 0 spiro atoms. The van der Waals surface area contributed by atoms with Crippen LogP contribution in [0, 0.1) is 11.8 Å². The lowest BCUT2D eigenvalue weighted by Gasteiger charge is -2.35. The van der Waals surface area contributed by atoms with E-state index in [1.165, 1.54) is 27.9 Å². The van der Waals surface area contributed by atoms with Crippen LogP contribution in [0.15, 0.2) is 27.1 Å².